The summed E-state index contributed by atoms with van der Waals surface area (Å²) in [6.07, 6.45) is 5.35. The Balaban J connectivity index is 1.71. The Morgan fingerprint density at radius 1 is 1.54 bits per heavy atom. The van der Waals surface area contributed by atoms with Crippen LogP contribution in [0.15, 0.2) is 48.6 Å². The minimum atomic E-state index is -0.517. The van der Waals surface area contributed by atoms with E-state index in [0.717, 1.165) is 5.52 Å². The number of hydrogen-bond donors (Lipinski definition) is 1. The van der Waals surface area contributed by atoms with Gasteiger partial charge in [-0.15, -0.1) is 17.9 Å². The smallest absolute Gasteiger partial charge is 0.358 e. The van der Waals surface area contributed by atoms with Crippen molar-refractivity contribution in [1.82, 2.24) is 9.38 Å². The number of rotatable bonds is 6. The minimum Gasteiger partial charge on any atom is -0.456 e. The first-order valence-corrected chi connectivity index (χ1v) is 8.07. The fraction of sp³-hybridized carbons (Fsp3) is 0.118. The Bertz CT molecular complexity index is 936. The number of aromatic nitrogens is 2. The third kappa shape index (κ3) is 3.14. The van der Waals surface area contributed by atoms with Crippen LogP contribution >= 0.6 is 11.3 Å². The maximum Gasteiger partial charge on any atom is 0.358 e. The summed E-state index contributed by atoms with van der Waals surface area (Å²) >= 11 is 1.32. The van der Waals surface area contributed by atoms with E-state index in [1.165, 1.54) is 11.3 Å². The second-order valence-corrected chi connectivity index (χ2v) is 5.78. The topological polar surface area (TPSA) is 79.4 Å². The summed E-state index contributed by atoms with van der Waals surface area (Å²) in [5, 5.41) is 14.6. The first kappa shape index (κ1) is 15.8. The lowest BCUT2D eigenvalue weighted by Gasteiger charge is -2.01. The third-order valence-corrected chi connectivity index (χ3v) is 4.14. The van der Waals surface area contributed by atoms with Crippen molar-refractivity contribution in [2.45, 2.75) is 6.61 Å². The van der Waals surface area contributed by atoms with Gasteiger partial charge < -0.3 is 14.5 Å². The maximum atomic E-state index is 12.1. The first-order valence-electron chi connectivity index (χ1n) is 7.19. The Hall–Kier alpha value is -3.11. The molecule has 3 aromatic rings. The zero-order valence-electron chi connectivity index (χ0n) is 12.7. The highest BCUT2D eigenvalue weighted by atomic mass is 32.1. The molecule has 0 bridgehead atoms. The number of hydrogen-bond acceptors (Lipinski definition) is 6. The molecule has 0 saturated carbocycles. The third-order valence-electron chi connectivity index (χ3n) is 3.34. The number of thiazole rings is 1. The fourth-order valence-corrected chi connectivity index (χ4v) is 2.93. The van der Waals surface area contributed by atoms with E-state index in [2.05, 4.69) is 22.9 Å². The molecule has 0 unspecified atom stereocenters. The first-order chi connectivity index (χ1) is 11.7. The van der Waals surface area contributed by atoms with Gasteiger partial charge in [-0.25, -0.2) is 9.78 Å². The van der Waals surface area contributed by atoms with Crippen molar-refractivity contribution in [3.8, 4) is 6.07 Å². The average Bonchev–Trinajstić information content (AvgIpc) is 3.21. The zero-order chi connectivity index (χ0) is 16.9. The molecular formula is C17H14N4O2S. The fourth-order valence-electron chi connectivity index (χ4n) is 2.24. The van der Waals surface area contributed by atoms with Crippen LogP contribution in [0.25, 0.3) is 5.52 Å². The summed E-state index contributed by atoms with van der Waals surface area (Å²) in [6.45, 7) is 4.21. The number of nitrogens with zero attached hydrogens (tertiary/aromatic N) is 3. The lowest BCUT2D eigenvalue weighted by atomic mass is 10.2. The molecule has 0 spiro atoms. The van der Waals surface area contributed by atoms with Gasteiger partial charge in [0.15, 0.2) is 10.8 Å². The van der Waals surface area contributed by atoms with E-state index in [1.54, 1.807) is 17.7 Å². The average molecular weight is 338 g/mol. The summed E-state index contributed by atoms with van der Waals surface area (Å²) in [6, 6.07) is 7.75. The largest absolute Gasteiger partial charge is 0.456 e. The van der Waals surface area contributed by atoms with E-state index in [1.807, 2.05) is 28.8 Å². The highest BCUT2D eigenvalue weighted by Crippen LogP contribution is 2.20. The monoisotopic (exact) mass is 338 g/mol. The molecule has 0 fully saturated rings. The molecule has 1 N–H and O–H groups in total. The van der Waals surface area contributed by atoms with Crippen LogP contribution in [0.4, 0.5) is 5.13 Å². The summed E-state index contributed by atoms with van der Waals surface area (Å²) < 4.78 is 7.13. The summed E-state index contributed by atoms with van der Waals surface area (Å²) in [4.78, 5) is 16.3. The summed E-state index contributed by atoms with van der Waals surface area (Å²) in [5.74, 6) is -0.517. The van der Waals surface area contributed by atoms with Gasteiger partial charge in [-0.2, -0.15) is 5.26 Å². The van der Waals surface area contributed by atoms with Crippen LogP contribution in [0.2, 0.25) is 0 Å². The molecule has 3 heterocycles. The number of fused-ring (bicyclic) bond motifs is 1. The molecule has 0 aliphatic rings. The van der Waals surface area contributed by atoms with Crippen LogP contribution in [0.5, 0.6) is 0 Å². The van der Waals surface area contributed by atoms with Crippen LogP contribution in [0.1, 0.15) is 21.6 Å². The number of pyridine rings is 1. The Morgan fingerprint density at radius 2 is 2.42 bits per heavy atom. The highest BCUT2D eigenvalue weighted by molar-refractivity contribution is 7.13. The molecule has 6 nitrogen and oxygen atoms in total. The van der Waals surface area contributed by atoms with E-state index in [4.69, 9.17) is 4.74 Å². The van der Waals surface area contributed by atoms with Gasteiger partial charge in [0.25, 0.3) is 0 Å². The lowest BCUT2D eigenvalue weighted by molar-refractivity contribution is 0.0466. The number of nitriles is 1. The lowest BCUT2D eigenvalue weighted by Crippen LogP contribution is -2.06. The standard InChI is InChI=1S/C17H14N4O2S/c1-2-6-19-17-20-14(11-24-17)16(22)23-10-12-9-21-7-4-3-5-15(21)13(12)8-18/h2-5,7,9,11H,1,6,10H2,(H,19,20). The second-order valence-electron chi connectivity index (χ2n) is 4.92. The van der Waals surface area contributed by atoms with E-state index in [-0.39, 0.29) is 12.3 Å². The normalized spacial score (nSPS) is 10.3. The maximum absolute atomic E-state index is 12.1. The Labute approximate surface area is 142 Å². The van der Waals surface area contributed by atoms with E-state index in [9.17, 15) is 10.1 Å². The van der Waals surface area contributed by atoms with Crippen LogP contribution in [0, 0.1) is 11.3 Å². The molecule has 0 atom stereocenters. The summed E-state index contributed by atoms with van der Waals surface area (Å²) in [5.41, 5.74) is 2.21. The van der Waals surface area contributed by atoms with Gasteiger partial charge in [-0.1, -0.05) is 12.1 Å². The number of ether oxygens (including phenoxy) is 1. The number of carbonyl (C=O) groups excluding carboxylic acids is 1. The van der Waals surface area contributed by atoms with Gasteiger partial charge >= 0.3 is 5.97 Å². The SMILES string of the molecule is C=CCNc1nc(C(=O)OCc2cn3ccccc3c2C#N)cs1. The molecule has 0 aliphatic carbocycles. The van der Waals surface area contributed by atoms with Crippen molar-refractivity contribution in [3.63, 3.8) is 0 Å². The quantitative estimate of drug-likeness (QED) is 0.551. The molecule has 0 amide bonds. The molecule has 120 valence electrons. The number of anilines is 1. The zero-order valence-corrected chi connectivity index (χ0v) is 13.5. The number of esters is 1. The molecule has 3 rings (SSSR count). The molecule has 3 aromatic heterocycles. The van der Waals surface area contributed by atoms with E-state index in [0.29, 0.717) is 22.8 Å². The van der Waals surface area contributed by atoms with E-state index >= 15 is 0 Å². The van der Waals surface area contributed by atoms with Gasteiger partial charge in [0.2, 0.25) is 0 Å². The molecule has 0 radical (unpaired) electrons. The molecule has 0 aromatic carbocycles. The summed E-state index contributed by atoms with van der Waals surface area (Å²) in [7, 11) is 0. The van der Waals surface area contributed by atoms with Gasteiger partial charge in [0, 0.05) is 29.9 Å². The molecule has 0 saturated heterocycles. The molecule has 24 heavy (non-hydrogen) atoms. The van der Waals surface area contributed by atoms with Gasteiger partial charge in [0.1, 0.15) is 12.7 Å². The van der Waals surface area contributed by atoms with Crippen LogP contribution in [-0.4, -0.2) is 21.9 Å². The number of carbonyl (C=O) groups is 1. The van der Waals surface area contributed by atoms with Crippen LogP contribution in [-0.2, 0) is 11.3 Å². The minimum absolute atomic E-state index is 0.0242. The van der Waals surface area contributed by atoms with Gasteiger partial charge in [0.05, 0.1) is 11.1 Å². The van der Waals surface area contributed by atoms with Crippen molar-refractivity contribution < 1.29 is 9.53 Å². The van der Waals surface area contributed by atoms with Crippen molar-refractivity contribution in [1.29, 1.82) is 5.26 Å². The molecular weight excluding hydrogens is 324 g/mol. The van der Waals surface area contributed by atoms with Crippen molar-refractivity contribution in [2.75, 3.05) is 11.9 Å². The van der Waals surface area contributed by atoms with Crippen molar-refractivity contribution >= 4 is 28.0 Å². The Morgan fingerprint density at radius 3 is 3.21 bits per heavy atom. The predicted molar refractivity (Wildman–Crippen MR) is 92.0 cm³/mol. The number of nitrogens with one attached hydrogen (secondary N) is 1. The van der Waals surface area contributed by atoms with Crippen molar-refractivity contribution in [2.24, 2.45) is 0 Å². The van der Waals surface area contributed by atoms with Gasteiger partial charge in [-0.3, -0.25) is 0 Å². The second kappa shape index (κ2) is 6.98. The Kier molecular flexibility index (Phi) is 4.59. The predicted octanol–water partition coefficient (Wildman–Crippen LogP) is 3.22. The molecule has 7 heteroatoms. The van der Waals surface area contributed by atoms with Crippen LogP contribution < -0.4 is 5.32 Å². The van der Waals surface area contributed by atoms with E-state index < -0.39 is 5.97 Å². The molecule has 0 aliphatic heterocycles. The van der Waals surface area contributed by atoms with Crippen LogP contribution in [0.3, 0.4) is 0 Å². The van der Waals surface area contributed by atoms with Crippen molar-refractivity contribution in [3.05, 3.63) is 65.4 Å². The highest BCUT2D eigenvalue weighted by Gasteiger charge is 2.15. The van der Waals surface area contributed by atoms with Gasteiger partial charge in [-0.05, 0) is 12.1 Å².